The molecule has 2 aromatic rings. The number of nitrogens with one attached hydrogen (secondary N) is 2. The number of anilines is 2. The highest BCUT2D eigenvalue weighted by molar-refractivity contribution is 6.05. The van der Waals surface area contributed by atoms with Gasteiger partial charge in [0.1, 0.15) is 11.6 Å². The molecule has 0 aliphatic carbocycles. The Morgan fingerprint density at radius 1 is 1.11 bits per heavy atom. The lowest BCUT2D eigenvalue weighted by molar-refractivity contribution is -0.119. The van der Waals surface area contributed by atoms with Gasteiger partial charge in [0.2, 0.25) is 5.91 Å². The van der Waals surface area contributed by atoms with Crippen LogP contribution in [-0.2, 0) is 4.79 Å². The SMILES string of the molecule is COc1ccc(NC(=O)[C@@H](N)C(C)(C)C)cc1NC(=O)c1cccc(F)c1. The van der Waals surface area contributed by atoms with Crippen molar-refractivity contribution < 1.29 is 18.7 Å². The number of methoxy groups -OCH3 is 1. The van der Waals surface area contributed by atoms with Gasteiger partial charge in [-0.1, -0.05) is 26.8 Å². The number of hydrogen-bond donors (Lipinski definition) is 3. The highest BCUT2D eigenvalue weighted by Gasteiger charge is 2.27. The van der Waals surface area contributed by atoms with E-state index in [1.54, 1.807) is 18.2 Å². The van der Waals surface area contributed by atoms with Crippen LogP contribution in [0.15, 0.2) is 42.5 Å². The van der Waals surface area contributed by atoms with E-state index >= 15 is 0 Å². The van der Waals surface area contributed by atoms with Crippen molar-refractivity contribution >= 4 is 23.2 Å². The second kappa shape index (κ2) is 8.18. The average Bonchev–Trinajstić information content (AvgIpc) is 2.60. The van der Waals surface area contributed by atoms with Crippen molar-refractivity contribution in [1.29, 1.82) is 0 Å². The summed E-state index contributed by atoms with van der Waals surface area (Å²) in [6.45, 7) is 5.61. The number of halogens is 1. The number of hydrogen-bond acceptors (Lipinski definition) is 4. The predicted octanol–water partition coefficient (Wildman–Crippen LogP) is 3.40. The summed E-state index contributed by atoms with van der Waals surface area (Å²) >= 11 is 0. The van der Waals surface area contributed by atoms with Crippen molar-refractivity contribution in [3.63, 3.8) is 0 Å². The molecule has 0 spiro atoms. The van der Waals surface area contributed by atoms with Crippen LogP contribution in [0.4, 0.5) is 15.8 Å². The zero-order valence-corrected chi connectivity index (χ0v) is 15.8. The molecule has 6 nitrogen and oxygen atoms in total. The van der Waals surface area contributed by atoms with Gasteiger partial charge in [-0.15, -0.1) is 0 Å². The maximum atomic E-state index is 13.3. The van der Waals surface area contributed by atoms with E-state index < -0.39 is 23.2 Å². The lowest BCUT2D eigenvalue weighted by Crippen LogP contribution is -2.45. The van der Waals surface area contributed by atoms with E-state index in [-0.39, 0.29) is 11.5 Å². The second-order valence-electron chi connectivity index (χ2n) is 7.21. The van der Waals surface area contributed by atoms with E-state index in [1.165, 1.54) is 25.3 Å². The molecule has 4 N–H and O–H groups in total. The topological polar surface area (TPSA) is 93.4 Å². The van der Waals surface area contributed by atoms with Crippen molar-refractivity contribution in [3.8, 4) is 5.75 Å². The highest BCUT2D eigenvalue weighted by atomic mass is 19.1. The predicted molar refractivity (Wildman–Crippen MR) is 103 cm³/mol. The monoisotopic (exact) mass is 373 g/mol. The van der Waals surface area contributed by atoms with Gasteiger partial charge in [0.15, 0.2) is 0 Å². The van der Waals surface area contributed by atoms with Gasteiger partial charge in [0, 0.05) is 11.3 Å². The summed E-state index contributed by atoms with van der Waals surface area (Å²) in [4.78, 5) is 24.7. The molecule has 0 heterocycles. The minimum absolute atomic E-state index is 0.168. The van der Waals surface area contributed by atoms with Crippen LogP contribution < -0.4 is 21.1 Å². The number of benzene rings is 2. The molecular formula is C20H24FN3O3. The quantitative estimate of drug-likeness (QED) is 0.749. The molecule has 7 heteroatoms. The largest absolute Gasteiger partial charge is 0.495 e. The van der Waals surface area contributed by atoms with Crippen LogP contribution in [0.25, 0.3) is 0 Å². The molecule has 2 amide bonds. The van der Waals surface area contributed by atoms with Gasteiger partial charge in [0.05, 0.1) is 18.8 Å². The van der Waals surface area contributed by atoms with Gasteiger partial charge in [0.25, 0.3) is 5.91 Å². The highest BCUT2D eigenvalue weighted by Crippen LogP contribution is 2.29. The first-order valence-electron chi connectivity index (χ1n) is 8.43. The van der Waals surface area contributed by atoms with Gasteiger partial charge in [-0.2, -0.15) is 0 Å². The van der Waals surface area contributed by atoms with Crippen LogP contribution in [-0.4, -0.2) is 25.0 Å². The Bertz CT molecular complexity index is 847. The number of amides is 2. The molecule has 0 fully saturated rings. The summed E-state index contributed by atoms with van der Waals surface area (Å²) < 4.78 is 18.6. The van der Waals surface area contributed by atoms with Crippen molar-refractivity contribution in [3.05, 3.63) is 53.8 Å². The minimum atomic E-state index is -0.704. The molecule has 0 saturated heterocycles. The molecule has 1 atom stereocenters. The fraction of sp³-hybridized carbons (Fsp3) is 0.300. The minimum Gasteiger partial charge on any atom is -0.495 e. The third-order valence-corrected chi connectivity index (χ3v) is 4.02. The van der Waals surface area contributed by atoms with Gasteiger partial charge in [-0.25, -0.2) is 4.39 Å². The summed E-state index contributed by atoms with van der Waals surface area (Å²) in [6, 6.07) is 9.45. The normalized spacial score (nSPS) is 12.2. The second-order valence-corrected chi connectivity index (χ2v) is 7.21. The third kappa shape index (κ3) is 5.27. The first-order chi connectivity index (χ1) is 12.6. The number of nitrogens with two attached hydrogens (primary N) is 1. The number of rotatable bonds is 5. The summed E-state index contributed by atoms with van der Waals surface area (Å²) in [5, 5.41) is 5.40. The van der Waals surface area contributed by atoms with E-state index in [4.69, 9.17) is 10.5 Å². The summed E-state index contributed by atoms with van der Waals surface area (Å²) in [5.41, 5.74) is 6.53. The smallest absolute Gasteiger partial charge is 0.255 e. The number of carbonyl (C=O) groups excluding carboxylic acids is 2. The Morgan fingerprint density at radius 2 is 1.81 bits per heavy atom. The lowest BCUT2D eigenvalue weighted by atomic mass is 9.87. The van der Waals surface area contributed by atoms with E-state index in [9.17, 15) is 14.0 Å². The van der Waals surface area contributed by atoms with Crippen molar-refractivity contribution in [1.82, 2.24) is 0 Å². The van der Waals surface area contributed by atoms with Crippen molar-refractivity contribution in [2.24, 2.45) is 11.1 Å². The molecule has 0 aromatic heterocycles. The van der Waals surface area contributed by atoms with Gasteiger partial charge in [-0.05, 0) is 41.8 Å². The Kier molecular flexibility index (Phi) is 6.17. The Labute approximate surface area is 157 Å². The molecule has 0 aliphatic heterocycles. The standard InChI is InChI=1S/C20H24FN3O3/c1-20(2,3)17(22)19(26)23-14-8-9-16(27-4)15(11-14)24-18(25)12-6-5-7-13(21)10-12/h5-11,17H,22H2,1-4H3,(H,23,26)(H,24,25)/t17-/m1/s1. The van der Waals surface area contributed by atoms with E-state index in [0.29, 0.717) is 17.1 Å². The van der Waals surface area contributed by atoms with Crippen LogP contribution in [0.2, 0.25) is 0 Å². The molecule has 0 aliphatic rings. The third-order valence-electron chi connectivity index (χ3n) is 4.02. The Morgan fingerprint density at radius 3 is 2.41 bits per heavy atom. The zero-order chi connectivity index (χ0) is 20.2. The maximum absolute atomic E-state index is 13.3. The van der Waals surface area contributed by atoms with Gasteiger partial charge in [-0.3, -0.25) is 9.59 Å². The maximum Gasteiger partial charge on any atom is 0.255 e. The summed E-state index contributed by atoms with van der Waals surface area (Å²) in [6.07, 6.45) is 0. The molecular weight excluding hydrogens is 349 g/mol. The fourth-order valence-electron chi connectivity index (χ4n) is 2.32. The Hall–Kier alpha value is -2.93. The summed E-state index contributed by atoms with van der Waals surface area (Å²) in [5.74, 6) is -0.942. The van der Waals surface area contributed by atoms with Crippen LogP contribution in [0.5, 0.6) is 5.75 Å². The number of carbonyl (C=O) groups is 2. The summed E-state index contributed by atoms with van der Waals surface area (Å²) in [7, 11) is 1.46. The molecule has 0 saturated carbocycles. The zero-order valence-electron chi connectivity index (χ0n) is 15.8. The first-order valence-corrected chi connectivity index (χ1v) is 8.43. The molecule has 0 unspecified atom stereocenters. The lowest BCUT2D eigenvalue weighted by Gasteiger charge is -2.26. The Balaban J connectivity index is 2.22. The molecule has 2 rings (SSSR count). The average molecular weight is 373 g/mol. The van der Waals surface area contributed by atoms with E-state index in [1.807, 2.05) is 20.8 Å². The molecule has 27 heavy (non-hydrogen) atoms. The molecule has 144 valence electrons. The molecule has 2 aromatic carbocycles. The van der Waals surface area contributed by atoms with Crippen molar-refractivity contribution in [2.45, 2.75) is 26.8 Å². The van der Waals surface area contributed by atoms with Crippen LogP contribution >= 0.6 is 0 Å². The van der Waals surface area contributed by atoms with Gasteiger partial charge >= 0.3 is 0 Å². The first kappa shape index (κ1) is 20.4. The van der Waals surface area contributed by atoms with Crippen LogP contribution in [0.1, 0.15) is 31.1 Å². The van der Waals surface area contributed by atoms with Crippen LogP contribution in [0, 0.1) is 11.2 Å². The molecule has 0 bridgehead atoms. The van der Waals surface area contributed by atoms with E-state index in [2.05, 4.69) is 10.6 Å². The van der Waals surface area contributed by atoms with Gasteiger partial charge < -0.3 is 21.1 Å². The number of ether oxygens (including phenoxy) is 1. The van der Waals surface area contributed by atoms with E-state index in [0.717, 1.165) is 6.07 Å². The van der Waals surface area contributed by atoms with Crippen LogP contribution in [0.3, 0.4) is 0 Å². The van der Waals surface area contributed by atoms with Crippen molar-refractivity contribution in [2.75, 3.05) is 17.7 Å². The fourth-order valence-corrected chi connectivity index (χ4v) is 2.32. The molecule has 0 radical (unpaired) electrons.